The van der Waals surface area contributed by atoms with Gasteiger partial charge in [-0.25, -0.2) is 4.79 Å². The molecule has 1 unspecified atom stereocenters. The Hall–Kier alpha value is -2.15. The van der Waals surface area contributed by atoms with Crippen LogP contribution in [0, 0.1) is 5.92 Å². The van der Waals surface area contributed by atoms with E-state index in [9.17, 15) is 14.4 Å². The van der Waals surface area contributed by atoms with E-state index >= 15 is 0 Å². The fourth-order valence-corrected chi connectivity index (χ4v) is 1.93. The summed E-state index contributed by atoms with van der Waals surface area (Å²) in [6.45, 7) is 6.10. The van der Waals surface area contributed by atoms with Gasteiger partial charge in [-0.15, -0.1) is 0 Å². The van der Waals surface area contributed by atoms with Gasteiger partial charge in [0.1, 0.15) is 6.10 Å². The number of carboxylic acids is 1. The fourth-order valence-electron chi connectivity index (χ4n) is 1.93. The van der Waals surface area contributed by atoms with Crippen molar-refractivity contribution in [3.8, 4) is 0 Å². The maximum atomic E-state index is 11.9. The van der Waals surface area contributed by atoms with Gasteiger partial charge in [0.15, 0.2) is 0 Å². The van der Waals surface area contributed by atoms with E-state index < -0.39 is 36.0 Å². The molecule has 0 aromatic carbocycles. The topological polar surface area (TPSA) is 116 Å². The first-order valence-electron chi connectivity index (χ1n) is 5.96. The van der Waals surface area contributed by atoms with E-state index in [0.29, 0.717) is 0 Å². The van der Waals surface area contributed by atoms with E-state index in [1.807, 2.05) is 0 Å². The third kappa shape index (κ3) is 3.92. The average Bonchev–Trinajstić information content (AvgIpc) is 2.29. The minimum absolute atomic E-state index is 0.0402. The first-order valence-corrected chi connectivity index (χ1v) is 5.96. The van der Waals surface area contributed by atoms with Crippen LogP contribution in [0.3, 0.4) is 0 Å². The van der Waals surface area contributed by atoms with Crippen LogP contribution < -0.4 is 5.73 Å². The number of ether oxygens (including phenoxy) is 2. The van der Waals surface area contributed by atoms with Gasteiger partial charge in [0.05, 0.1) is 17.7 Å². The normalized spacial score (nSPS) is 25.4. The molecule has 7 nitrogen and oxygen atoms in total. The first-order chi connectivity index (χ1) is 9.22. The van der Waals surface area contributed by atoms with E-state index in [1.165, 1.54) is 19.9 Å². The lowest BCUT2D eigenvalue weighted by molar-refractivity contribution is -0.152. The molecule has 0 aliphatic heterocycles. The van der Waals surface area contributed by atoms with Gasteiger partial charge in [0.2, 0.25) is 0 Å². The molecule has 0 amide bonds. The van der Waals surface area contributed by atoms with Gasteiger partial charge >= 0.3 is 17.9 Å². The number of hydrogen-bond acceptors (Lipinski definition) is 6. The van der Waals surface area contributed by atoms with Gasteiger partial charge in [0.25, 0.3) is 0 Å². The zero-order valence-electron chi connectivity index (χ0n) is 11.3. The molecule has 3 N–H and O–H groups in total. The van der Waals surface area contributed by atoms with Crippen LogP contribution in [0.5, 0.6) is 0 Å². The smallest absolute Gasteiger partial charge is 0.331 e. The van der Waals surface area contributed by atoms with Crippen molar-refractivity contribution in [1.82, 2.24) is 0 Å². The number of carbonyl (C=O) groups is 3. The Morgan fingerprint density at radius 1 is 1.40 bits per heavy atom. The van der Waals surface area contributed by atoms with Crippen LogP contribution >= 0.6 is 0 Å². The Balaban J connectivity index is 3.00. The van der Waals surface area contributed by atoms with E-state index in [-0.39, 0.29) is 17.8 Å². The molecule has 1 aliphatic rings. The lowest BCUT2D eigenvalue weighted by Gasteiger charge is -2.31. The lowest BCUT2D eigenvalue weighted by atomic mass is 9.83. The van der Waals surface area contributed by atoms with E-state index in [4.69, 9.17) is 20.3 Å². The van der Waals surface area contributed by atoms with Crippen molar-refractivity contribution in [2.45, 2.75) is 32.4 Å². The quantitative estimate of drug-likeness (QED) is 0.565. The van der Waals surface area contributed by atoms with Crippen molar-refractivity contribution < 1.29 is 29.0 Å². The van der Waals surface area contributed by atoms with Crippen LogP contribution in [0.4, 0.5) is 0 Å². The summed E-state index contributed by atoms with van der Waals surface area (Å²) in [6.07, 6.45) is 0.189. The average molecular weight is 283 g/mol. The SMILES string of the molecule is C=C(C)OC(=O)C1CC(C(=O)O)=C[C@@H](OC(C)=O)[C@@H]1N. The zero-order valence-corrected chi connectivity index (χ0v) is 11.3. The number of aliphatic carboxylic acids is 1. The molecule has 0 saturated carbocycles. The van der Waals surface area contributed by atoms with Crippen LogP contribution in [0.2, 0.25) is 0 Å². The summed E-state index contributed by atoms with van der Waals surface area (Å²) in [7, 11) is 0. The van der Waals surface area contributed by atoms with E-state index in [2.05, 4.69) is 6.58 Å². The summed E-state index contributed by atoms with van der Waals surface area (Å²) in [5, 5.41) is 9.04. The van der Waals surface area contributed by atoms with Crippen molar-refractivity contribution in [3.63, 3.8) is 0 Å². The molecule has 3 atom stereocenters. The molecule has 0 spiro atoms. The second-order valence-electron chi connectivity index (χ2n) is 4.58. The Morgan fingerprint density at radius 2 is 2.00 bits per heavy atom. The zero-order chi connectivity index (χ0) is 15.4. The third-order valence-corrected chi connectivity index (χ3v) is 2.80. The second kappa shape index (κ2) is 6.33. The minimum atomic E-state index is -1.19. The van der Waals surface area contributed by atoms with Crippen molar-refractivity contribution in [2.24, 2.45) is 11.7 Å². The van der Waals surface area contributed by atoms with Crippen LogP contribution in [-0.4, -0.2) is 35.2 Å². The summed E-state index contributed by atoms with van der Waals surface area (Å²) in [5.41, 5.74) is 5.83. The number of esters is 2. The molecule has 1 rings (SSSR count). The largest absolute Gasteiger partial charge is 0.478 e. The Bertz CT molecular complexity index is 481. The Labute approximate surface area is 116 Å². The van der Waals surface area contributed by atoms with Crippen LogP contribution in [0.25, 0.3) is 0 Å². The van der Waals surface area contributed by atoms with Gasteiger partial charge in [0, 0.05) is 12.5 Å². The molecule has 0 bridgehead atoms. The van der Waals surface area contributed by atoms with Crippen LogP contribution in [0.15, 0.2) is 24.0 Å². The highest BCUT2D eigenvalue weighted by Gasteiger charge is 2.39. The van der Waals surface area contributed by atoms with Crippen molar-refractivity contribution >= 4 is 17.9 Å². The number of rotatable bonds is 4. The molecule has 0 radical (unpaired) electrons. The van der Waals surface area contributed by atoms with Gasteiger partial charge in [-0.2, -0.15) is 0 Å². The number of allylic oxidation sites excluding steroid dienone is 1. The maximum Gasteiger partial charge on any atom is 0.331 e. The summed E-state index contributed by atoms with van der Waals surface area (Å²) >= 11 is 0. The molecular formula is C13H17NO6. The summed E-state index contributed by atoms with van der Waals surface area (Å²) in [4.78, 5) is 34.0. The van der Waals surface area contributed by atoms with Gasteiger partial charge in [-0.05, 0) is 19.4 Å². The van der Waals surface area contributed by atoms with Crippen LogP contribution in [-0.2, 0) is 23.9 Å². The van der Waals surface area contributed by atoms with Crippen molar-refractivity contribution in [1.29, 1.82) is 0 Å². The maximum absolute atomic E-state index is 11.9. The molecule has 0 fully saturated rings. The number of carbonyl (C=O) groups excluding carboxylic acids is 2. The van der Waals surface area contributed by atoms with E-state index in [0.717, 1.165) is 0 Å². The van der Waals surface area contributed by atoms with Crippen molar-refractivity contribution in [3.05, 3.63) is 24.0 Å². The second-order valence-corrected chi connectivity index (χ2v) is 4.58. The number of nitrogens with two attached hydrogens (primary N) is 1. The van der Waals surface area contributed by atoms with Gasteiger partial charge in [-0.1, -0.05) is 6.58 Å². The Kier molecular flexibility index (Phi) is 5.04. The minimum Gasteiger partial charge on any atom is -0.478 e. The molecule has 20 heavy (non-hydrogen) atoms. The summed E-state index contributed by atoms with van der Waals surface area (Å²) in [5.74, 6) is -3.22. The fraction of sp³-hybridized carbons (Fsp3) is 0.462. The number of carboxylic acid groups (broad SMARTS) is 1. The molecule has 0 saturated heterocycles. The first kappa shape index (κ1) is 15.9. The van der Waals surface area contributed by atoms with Gasteiger partial charge < -0.3 is 20.3 Å². The highest BCUT2D eigenvalue weighted by molar-refractivity contribution is 5.89. The molecule has 0 heterocycles. The molecule has 1 aliphatic carbocycles. The van der Waals surface area contributed by atoms with E-state index in [1.54, 1.807) is 0 Å². The Morgan fingerprint density at radius 3 is 2.45 bits per heavy atom. The van der Waals surface area contributed by atoms with Gasteiger partial charge in [-0.3, -0.25) is 9.59 Å². The standard InChI is InChI=1S/C13H17NO6/c1-6(2)19-13(18)9-4-8(12(16)17)5-10(11(9)14)20-7(3)15/h5,9-11H,1,4,14H2,2-3H3,(H,16,17)/t9?,10-,11-/m1/s1. The predicted molar refractivity (Wildman–Crippen MR) is 68.3 cm³/mol. The monoisotopic (exact) mass is 283 g/mol. The molecule has 110 valence electrons. The summed E-state index contributed by atoms with van der Waals surface area (Å²) in [6, 6.07) is -0.867. The summed E-state index contributed by atoms with van der Waals surface area (Å²) < 4.78 is 9.80. The van der Waals surface area contributed by atoms with Crippen LogP contribution in [0.1, 0.15) is 20.3 Å². The number of hydrogen-bond donors (Lipinski definition) is 2. The molecule has 7 heteroatoms. The third-order valence-electron chi connectivity index (χ3n) is 2.80. The molecule has 0 aromatic rings. The predicted octanol–water partition coefficient (Wildman–Crippen LogP) is 0.353. The molecular weight excluding hydrogens is 266 g/mol. The highest BCUT2D eigenvalue weighted by Crippen LogP contribution is 2.27. The highest BCUT2D eigenvalue weighted by atomic mass is 16.5. The van der Waals surface area contributed by atoms with Crippen molar-refractivity contribution in [2.75, 3.05) is 0 Å². The molecule has 0 aromatic heterocycles. The lowest BCUT2D eigenvalue weighted by Crippen LogP contribution is -2.49.